The molecule has 0 radical (unpaired) electrons. The van der Waals surface area contributed by atoms with Gasteiger partial charge < -0.3 is 11.5 Å². The molecule has 0 amide bonds. The zero-order valence-corrected chi connectivity index (χ0v) is 20.6. The van der Waals surface area contributed by atoms with Gasteiger partial charge in [0.05, 0.1) is 10.6 Å². The van der Waals surface area contributed by atoms with Crippen LogP contribution in [0.15, 0.2) is 63.4 Å². The Kier molecular flexibility index (Phi) is 8.40. The van der Waals surface area contributed by atoms with E-state index in [1.807, 2.05) is 43.0 Å². The fraction of sp³-hybridized carbons (Fsp3) is 0.333. The van der Waals surface area contributed by atoms with E-state index in [2.05, 4.69) is 9.98 Å². The third-order valence-corrected chi connectivity index (χ3v) is 6.42. The van der Waals surface area contributed by atoms with E-state index in [0.717, 1.165) is 23.2 Å². The zero-order chi connectivity index (χ0) is 25.7. The highest BCUT2D eigenvalue weighted by molar-refractivity contribution is 7.86. The fourth-order valence-corrected chi connectivity index (χ4v) is 3.63. The first-order chi connectivity index (χ1) is 15.6. The number of aliphatic imine (C=N–C) groups is 2. The summed E-state index contributed by atoms with van der Waals surface area (Å²) in [6.07, 6.45) is 1.45. The summed E-state index contributed by atoms with van der Waals surface area (Å²) < 4.78 is 61.6. The van der Waals surface area contributed by atoms with Crippen LogP contribution < -0.4 is 16.4 Å². The summed E-state index contributed by atoms with van der Waals surface area (Å²) in [6.45, 7) is 5.17. The maximum atomic E-state index is 12.9. The van der Waals surface area contributed by atoms with E-state index in [0.29, 0.717) is 6.42 Å². The summed E-state index contributed by atoms with van der Waals surface area (Å²) >= 11 is 0. The van der Waals surface area contributed by atoms with Gasteiger partial charge >= 0.3 is 10.2 Å². The molecule has 0 atom stereocenters. The van der Waals surface area contributed by atoms with Crippen LogP contribution in [0, 0.1) is 0 Å². The maximum absolute atomic E-state index is 12.9. The second-order valence-corrected chi connectivity index (χ2v) is 11.0. The lowest BCUT2D eigenvalue weighted by atomic mass is 10.0. The molecule has 1 aliphatic rings. The molecule has 1 heterocycles. The number of nitrogens with two attached hydrogens (primary N) is 2. The van der Waals surface area contributed by atoms with Crippen molar-refractivity contribution in [3.8, 4) is 0 Å². The molecule has 0 fully saturated rings. The Hall–Kier alpha value is -3.03. The molecular weight excluding hydrogens is 485 g/mol. The van der Waals surface area contributed by atoms with Crippen LogP contribution in [-0.4, -0.2) is 44.7 Å². The van der Waals surface area contributed by atoms with Crippen molar-refractivity contribution in [3.05, 3.63) is 59.7 Å². The summed E-state index contributed by atoms with van der Waals surface area (Å²) in [5.74, 6) is 0.239. The molecule has 5 N–H and O–H groups in total. The predicted octanol–water partition coefficient (Wildman–Crippen LogP) is 2.21. The standard InChI is InChI=1S/C19H22FN5O2S.C2H6O3S/c1-19(2)24-17(21)23-18(22)25(19)15-9-5-13(6-10-15)3-4-14-7-11-16(12-8-14)28(20,26)27;1-2-6(3,4)5/h5-12H,3-4H2,1-2H3,(H4,21,22,23,24);2H2,1H3,(H,3,4,5). The number of anilines is 1. The number of aryl methyl sites for hydroxylation is 2. The van der Waals surface area contributed by atoms with Gasteiger partial charge in [0, 0.05) is 5.69 Å². The number of hydrogen-bond acceptors (Lipinski definition) is 9. The number of rotatable bonds is 6. The molecule has 13 heteroatoms. The molecule has 0 unspecified atom stereocenters. The first-order valence-electron chi connectivity index (χ1n) is 10.2. The molecule has 0 bridgehead atoms. The minimum Gasteiger partial charge on any atom is -0.369 e. The Morgan fingerprint density at radius 1 is 0.941 bits per heavy atom. The zero-order valence-electron chi connectivity index (χ0n) is 19.0. The summed E-state index contributed by atoms with van der Waals surface area (Å²) in [7, 11) is -8.32. The van der Waals surface area contributed by atoms with Crippen LogP contribution in [0.25, 0.3) is 0 Å². The van der Waals surface area contributed by atoms with Crippen molar-refractivity contribution in [1.82, 2.24) is 0 Å². The van der Waals surface area contributed by atoms with Crippen molar-refractivity contribution >= 4 is 37.9 Å². The second-order valence-electron chi connectivity index (χ2n) is 7.89. The minimum absolute atomic E-state index is 0.155. The van der Waals surface area contributed by atoms with E-state index < -0.39 is 26.0 Å². The van der Waals surface area contributed by atoms with Gasteiger partial charge in [-0.05, 0) is 69.0 Å². The molecule has 3 rings (SSSR count). The normalized spacial score (nSPS) is 15.6. The van der Waals surface area contributed by atoms with Crippen LogP contribution >= 0.6 is 0 Å². The van der Waals surface area contributed by atoms with E-state index in [1.165, 1.54) is 19.1 Å². The van der Waals surface area contributed by atoms with Gasteiger partial charge in [-0.2, -0.15) is 21.8 Å². The third kappa shape index (κ3) is 7.78. The molecule has 2 aromatic rings. The first kappa shape index (κ1) is 27.2. The highest BCUT2D eigenvalue weighted by Crippen LogP contribution is 2.27. The Morgan fingerprint density at radius 2 is 1.38 bits per heavy atom. The molecule has 0 spiro atoms. The highest BCUT2D eigenvalue weighted by atomic mass is 32.3. The molecule has 186 valence electrons. The Bertz CT molecular complexity index is 1270. The van der Waals surface area contributed by atoms with Gasteiger partial charge in [-0.25, -0.2) is 4.99 Å². The lowest BCUT2D eigenvalue weighted by Crippen LogP contribution is -2.54. The molecule has 10 nitrogen and oxygen atoms in total. The van der Waals surface area contributed by atoms with Crippen molar-refractivity contribution in [2.75, 3.05) is 10.7 Å². The van der Waals surface area contributed by atoms with Crippen molar-refractivity contribution in [2.45, 2.75) is 44.2 Å². The Labute approximate surface area is 199 Å². The molecule has 0 saturated heterocycles. The third-order valence-electron chi connectivity index (χ3n) is 4.86. The Balaban J connectivity index is 0.000000604. The number of hydrogen-bond donors (Lipinski definition) is 3. The van der Waals surface area contributed by atoms with Crippen LogP contribution in [-0.2, 0) is 33.2 Å². The number of halogens is 1. The van der Waals surface area contributed by atoms with Crippen molar-refractivity contribution in [3.63, 3.8) is 0 Å². The average Bonchev–Trinajstić information content (AvgIpc) is 2.71. The van der Waals surface area contributed by atoms with E-state index in [9.17, 15) is 20.7 Å². The fourth-order valence-electron chi connectivity index (χ4n) is 3.17. The largest absolute Gasteiger partial charge is 0.369 e. The summed E-state index contributed by atoms with van der Waals surface area (Å²) in [6, 6.07) is 13.7. The quantitative estimate of drug-likeness (QED) is 0.390. The molecule has 2 aromatic carbocycles. The van der Waals surface area contributed by atoms with Gasteiger partial charge in [-0.1, -0.05) is 24.3 Å². The van der Waals surface area contributed by atoms with Gasteiger partial charge in [0.1, 0.15) is 5.66 Å². The van der Waals surface area contributed by atoms with E-state index in [4.69, 9.17) is 16.0 Å². The second kappa shape index (κ2) is 10.5. The summed E-state index contributed by atoms with van der Waals surface area (Å²) in [5, 5.41) is 0. The average molecular weight is 514 g/mol. The monoisotopic (exact) mass is 513 g/mol. The van der Waals surface area contributed by atoms with E-state index in [-0.39, 0.29) is 22.6 Å². The van der Waals surface area contributed by atoms with Crippen LogP contribution in [0.5, 0.6) is 0 Å². The number of guanidine groups is 2. The molecular formula is C21H28FN5O5S2. The van der Waals surface area contributed by atoms with E-state index >= 15 is 0 Å². The van der Waals surface area contributed by atoms with Gasteiger partial charge in [-0.15, -0.1) is 3.89 Å². The maximum Gasteiger partial charge on any atom is 0.332 e. The SMILES string of the molecule is CC1(C)N=C(N)N=C(N)N1c1ccc(CCc2ccc(S(=O)(=O)F)cc2)cc1.CCS(=O)(=O)O. The number of benzene rings is 2. The first-order valence-corrected chi connectivity index (χ1v) is 13.2. The predicted molar refractivity (Wildman–Crippen MR) is 130 cm³/mol. The highest BCUT2D eigenvalue weighted by Gasteiger charge is 2.32. The van der Waals surface area contributed by atoms with Crippen LogP contribution in [0.2, 0.25) is 0 Å². The van der Waals surface area contributed by atoms with Crippen LogP contribution in [0.1, 0.15) is 31.9 Å². The van der Waals surface area contributed by atoms with Crippen LogP contribution in [0.3, 0.4) is 0 Å². The molecule has 0 aliphatic carbocycles. The molecule has 0 aromatic heterocycles. The summed E-state index contributed by atoms with van der Waals surface area (Å²) in [4.78, 5) is 9.85. The van der Waals surface area contributed by atoms with E-state index in [1.54, 1.807) is 12.1 Å². The molecule has 0 saturated carbocycles. The van der Waals surface area contributed by atoms with Crippen molar-refractivity contribution < 1.29 is 25.3 Å². The topological polar surface area (TPSA) is 169 Å². The summed E-state index contributed by atoms with van der Waals surface area (Å²) in [5.41, 5.74) is 14.0. The number of nitrogens with zero attached hydrogens (tertiary/aromatic N) is 3. The van der Waals surface area contributed by atoms with Gasteiger partial charge in [0.2, 0.25) is 11.9 Å². The lowest BCUT2D eigenvalue weighted by Gasteiger charge is -2.38. The minimum atomic E-state index is -4.66. The van der Waals surface area contributed by atoms with Gasteiger partial charge in [0.25, 0.3) is 10.1 Å². The van der Waals surface area contributed by atoms with Crippen molar-refractivity contribution in [1.29, 1.82) is 0 Å². The smallest absolute Gasteiger partial charge is 0.332 e. The molecule has 34 heavy (non-hydrogen) atoms. The van der Waals surface area contributed by atoms with Gasteiger partial charge in [0.15, 0.2) is 0 Å². The Morgan fingerprint density at radius 3 is 1.76 bits per heavy atom. The molecule has 1 aliphatic heterocycles. The van der Waals surface area contributed by atoms with Crippen LogP contribution in [0.4, 0.5) is 9.57 Å². The van der Waals surface area contributed by atoms with Gasteiger partial charge in [-0.3, -0.25) is 9.45 Å². The van der Waals surface area contributed by atoms with Crippen molar-refractivity contribution in [2.24, 2.45) is 21.5 Å². The lowest BCUT2D eigenvalue weighted by molar-refractivity contribution is 0.484.